The largest absolute Gasteiger partial charge is 0.465 e. The van der Waals surface area contributed by atoms with Crippen LogP contribution < -0.4 is 0 Å². The first-order valence-electron chi connectivity index (χ1n) is 3.09. The average molecular weight is 130 g/mol. The first-order valence-corrected chi connectivity index (χ1v) is 3.09. The number of aliphatic hydroxyl groups is 1. The quantitative estimate of drug-likeness (QED) is 0.532. The first-order chi connectivity index (χ1) is 4.33. The lowest BCUT2D eigenvalue weighted by atomic mass is 10.1. The molecule has 0 radical (unpaired) electrons. The van der Waals surface area contributed by atoms with Crippen LogP contribution in [-0.4, -0.2) is 24.3 Å². The molecule has 3 nitrogen and oxygen atoms in total. The number of ether oxygens (including phenoxy) is 1. The van der Waals surface area contributed by atoms with Crippen LogP contribution in [0.5, 0.6) is 0 Å². The first kappa shape index (κ1) is 6.55. The van der Waals surface area contributed by atoms with Crippen LogP contribution in [0.1, 0.15) is 12.8 Å². The zero-order chi connectivity index (χ0) is 6.69. The van der Waals surface area contributed by atoms with Gasteiger partial charge in [0.05, 0.1) is 13.0 Å². The van der Waals surface area contributed by atoms with E-state index in [0.29, 0.717) is 19.4 Å². The highest BCUT2D eigenvalue weighted by Crippen LogP contribution is 2.16. The molecule has 0 saturated carbocycles. The van der Waals surface area contributed by atoms with Gasteiger partial charge in [-0.2, -0.15) is 0 Å². The molecule has 0 spiro atoms. The summed E-state index contributed by atoms with van der Waals surface area (Å²) >= 11 is 0. The maximum absolute atomic E-state index is 10.4. The van der Waals surface area contributed by atoms with E-state index >= 15 is 0 Å². The Kier molecular flexibility index (Phi) is 2.05. The van der Waals surface area contributed by atoms with Crippen LogP contribution in [0, 0.1) is 5.92 Å². The lowest BCUT2D eigenvalue weighted by molar-refractivity contribution is -0.137. The number of aliphatic hydroxyl groups excluding tert-OH is 1. The fourth-order valence-corrected chi connectivity index (χ4v) is 0.932. The van der Waals surface area contributed by atoms with Crippen LogP contribution in [0.25, 0.3) is 0 Å². The summed E-state index contributed by atoms with van der Waals surface area (Å²) in [4.78, 5) is 10.4. The van der Waals surface area contributed by atoms with Gasteiger partial charge in [0.15, 0.2) is 0 Å². The highest BCUT2D eigenvalue weighted by atomic mass is 16.5. The summed E-state index contributed by atoms with van der Waals surface area (Å²) in [6.07, 6.45) is 1.17. The predicted molar refractivity (Wildman–Crippen MR) is 30.8 cm³/mol. The second-order valence-electron chi connectivity index (χ2n) is 2.27. The van der Waals surface area contributed by atoms with Gasteiger partial charge in [0.2, 0.25) is 0 Å². The molecule has 0 aromatic carbocycles. The van der Waals surface area contributed by atoms with E-state index in [0.717, 1.165) is 0 Å². The zero-order valence-corrected chi connectivity index (χ0v) is 5.17. The van der Waals surface area contributed by atoms with Gasteiger partial charge in [-0.05, 0) is 6.42 Å². The third-order valence-corrected chi connectivity index (χ3v) is 1.47. The van der Waals surface area contributed by atoms with Crippen molar-refractivity contribution >= 4 is 5.97 Å². The Hall–Kier alpha value is -0.570. The van der Waals surface area contributed by atoms with Gasteiger partial charge in [0, 0.05) is 12.5 Å². The molecule has 1 rings (SSSR count). The van der Waals surface area contributed by atoms with Crippen molar-refractivity contribution < 1.29 is 14.6 Å². The molecule has 1 aliphatic heterocycles. The Morgan fingerprint density at radius 1 is 1.78 bits per heavy atom. The van der Waals surface area contributed by atoms with Crippen molar-refractivity contribution in [3.05, 3.63) is 0 Å². The van der Waals surface area contributed by atoms with Gasteiger partial charge in [-0.1, -0.05) is 0 Å². The van der Waals surface area contributed by atoms with E-state index in [2.05, 4.69) is 4.74 Å². The molecule has 1 saturated heterocycles. The molecular formula is C6H10O3. The van der Waals surface area contributed by atoms with Crippen LogP contribution in [0.3, 0.4) is 0 Å². The topological polar surface area (TPSA) is 46.5 Å². The van der Waals surface area contributed by atoms with E-state index in [1.807, 2.05) is 0 Å². The number of hydrogen-bond donors (Lipinski definition) is 1. The van der Waals surface area contributed by atoms with Crippen LogP contribution >= 0.6 is 0 Å². The smallest absolute Gasteiger partial charge is 0.306 e. The van der Waals surface area contributed by atoms with Gasteiger partial charge in [-0.15, -0.1) is 0 Å². The highest BCUT2D eigenvalue weighted by Gasteiger charge is 2.22. The molecule has 0 unspecified atom stereocenters. The number of carbonyl (C=O) groups excluding carboxylic acids is 1. The predicted octanol–water partition coefficient (Wildman–Crippen LogP) is -0.0681. The number of cyclic esters (lactones) is 1. The lowest BCUT2D eigenvalue weighted by Crippen LogP contribution is -2.01. The normalized spacial score (nSPS) is 26.3. The average Bonchev–Trinajstić information content (AvgIpc) is 2.17. The zero-order valence-electron chi connectivity index (χ0n) is 5.17. The van der Waals surface area contributed by atoms with Crippen LogP contribution in [0.2, 0.25) is 0 Å². The molecule has 3 heteroatoms. The van der Waals surface area contributed by atoms with E-state index in [1.165, 1.54) is 0 Å². The molecule has 0 aromatic rings. The Balaban J connectivity index is 2.22. The second-order valence-corrected chi connectivity index (χ2v) is 2.27. The van der Waals surface area contributed by atoms with E-state index in [-0.39, 0.29) is 18.5 Å². The fourth-order valence-electron chi connectivity index (χ4n) is 0.932. The minimum atomic E-state index is -0.131. The number of hydrogen-bond acceptors (Lipinski definition) is 3. The molecule has 0 aromatic heterocycles. The Bertz CT molecular complexity index is 111. The number of carbonyl (C=O) groups is 1. The SMILES string of the molecule is O=C1C[C@@H](CCO)CO1. The van der Waals surface area contributed by atoms with Crippen LogP contribution in [-0.2, 0) is 9.53 Å². The van der Waals surface area contributed by atoms with Crippen molar-refractivity contribution in [2.45, 2.75) is 12.8 Å². The Morgan fingerprint density at radius 2 is 2.56 bits per heavy atom. The molecule has 1 N–H and O–H groups in total. The molecular weight excluding hydrogens is 120 g/mol. The monoisotopic (exact) mass is 130 g/mol. The van der Waals surface area contributed by atoms with E-state index < -0.39 is 0 Å². The summed E-state index contributed by atoms with van der Waals surface area (Å²) in [5.74, 6) is 0.135. The maximum Gasteiger partial charge on any atom is 0.306 e. The third-order valence-electron chi connectivity index (χ3n) is 1.47. The molecule has 1 heterocycles. The summed E-state index contributed by atoms with van der Waals surface area (Å²) in [7, 11) is 0. The van der Waals surface area contributed by atoms with Gasteiger partial charge in [0.1, 0.15) is 0 Å². The van der Waals surface area contributed by atoms with Gasteiger partial charge in [-0.3, -0.25) is 4.79 Å². The van der Waals surface area contributed by atoms with Crippen molar-refractivity contribution in [1.82, 2.24) is 0 Å². The highest BCUT2D eigenvalue weighted by molar-refractivity contribution is 5.71. The molecule has 1 fully saturated rings. The minimum absolute atomic E-state index is 0.131. The van der Waals surface area contributed by atoms with Gasteiger partial charge < -0.3 is 9.84 Å². The minimum Gasteiger partial charge on any atom is -0.465 e. The van der Waals surface area contributed by atoms with Gasteiger partial charge in [0.25, 0.3) is 0 Å². The molecule has 52 valence electrons. The summed E-state index contributed by atoms with van der Waals surface area (Å²) < 4.78 is 4.67. The van der Waals surface area contributed by atoms with E-state index in [4.69, 9.17) is 5.11 Å². The Morgan fingerprint density at radius 3 is 3.00 bits per heavy atom. The molecule has 1 atom stereocenters. The van der Waals surface area contributed by atoms with Gasteiger partial charge in [-0.25, -0.2) is 0 Å². The molecule has 0 bridgehead atoms. The van der Waals surface area contributed by atoms with Gasteiger partial charge >= 0.3 is 5.97 Å². The summed E-state index contributed by atoms with van der Waals surface area (Å²) in [6.45, 7) is 0.653. The van der Waals surface area contributed by atoms with Crippen molar-refractivity contribution in [2.24, 2.45) is 5.92 Å². The molecule has 0 amide bonds. The van der Waals surface area contributed by atoms with E-state index in [9.17, 15) is 4.79 Å². The van der Waals surface area contributed by atoms with E-state index in [1.54, 1.807) is 0 Å². The van der Waals surface area contributed by atoms with Crippen molar-refractivity contribution in [2.75, 3.05) is 13.2 Å². The number of rotatable bonds is 2. The molecule has 9 heavy (non-hydrogen) atoms. The number of esters is 1. The molecule has 1 aliphatic rings. The Labute approximate surface area is 53.6 Å². The fraction of sp³-hybridized carbons (Fsp3) is 0.833. The second kappa shape index (κ2) is 2.82. The summed E-state index contributed by atoms with van der Waals surface area (Å²) in [5, 5.41) is 8.45. The standard InChI is InChI=1S/C6H10O3/c7-2-1-5-3-6(8)9-4-5/h5,7H,1-4H2/t5-/m1/s1. The third kappa shape index (κ3) is 1.68. The lowest BCUT2D eigenvalue weighted by Gasteiger charge is -1.99. The van der Waals surface area contributed by atoms with Crippen LogP contribution in [0.15, 0.2) is 0 Å². The van der Waals surface area contributed by atoms with Crippen LogP contribution in [0.4, 0.5) is 0 Å². The maximum atomic E-state index is 10.4. The van der Waals surface area contributed by atoms with Crippen molar-refractivity contribution in [3.8, 4) is 0 Å². The summed E-state index contributed by atoms with van der Waals surface area (Å²) in [5.41, 5.74) is 0. The summed E-state index contributed by atoms with van der Waals surface area (Å²) in [6, 6.07) is 0. The van der Waals surface area contributed by atoms with Crippen molar-refractivity contribution in [3.63, 3.8) is 0 Å². The van der Waals surface area contributed by atoms with Crippen molar-refractivity contribution in [1.29, 1.82) is 0 Å². The molecule has 0 aliphatic carbocycles.